The van der Waals surface area contributed by atoms with Crippen LogP contribution in [0, 0.1) is 6.92 Å². The summed E-state index contributed by atoms with van der Waals surface area (Å²) in [6.07, 6.45) is 1.33. The van der Waals surface area contributed by atoms with Gasteiger partial charge < -0.3 is 14.2 Å². The topological polar surface area (TPSA) is 102 Å². The number of esters is 1. The van der Waals surface area contributed by atoms with Gasteiger partial charge in [0, 0.05) is 18.2 Å². The second-order valence-corrected chi connectivity index (χ2v) is 7.85. The van der Waals surface area contributed by atoms with Gasteiger partial charge in [-0.2, -0.15) is 8.42 Å². The molecule has 8 nitrogen and oxygen atoms in total. The van der Waals surface area contributed by atoms with Crippen molar-refractivity contribution in [3.05, 3.63) is 47.3 Å². The molecule has 0 radical (unpaired) electrons. The molecule has 0 aliphatic carbocycles. The minimum atomic E-state index is -3.72. The van der Waals surface area contributed by atoms with Crippen molar-refractivity contribution >= 4 is 21.8 Å². The van der Waals surface area contributed by atoms with E-state index in [9.17, 15) is 13.2 Å². The number of nitrogens with zero attached hydrogens (tertiary/aromatic N) is 3. The van der Waals surface area contributed by atoms with Crippen LogP contribution in [0.4, 0.5) is 0 Å². The molecule has 0 N–H and O–H groups in total. The summed E-state index contributed by atoms with van der Waals surface area (Å²) in [7, 11) is -3.72. The Hall–Kier alpha value is -2.68. The van der Waals surface area contributed by atoms with Gasteiger partial charge in [-0.05, 0) is 31.9 Å². The van der Waals surface area contributed by atoms with Crippen LogP contribution < -0.4 is 0 Å². The first-order chi connectivity index (χ1) is 12.5. The Balaban J connectivity index is 1.55. The summed E-state index contributed by atoms with van der Waals surface area (Å²) in [6, 6.07) is 7.77. The number of fused-ring (bicyclic) bond motifs is 1. The molecule has 0 spiro atoms. The fourth-order valence-electron chi connectivity index (χ4n) is 3.28. The van der Waals surface area contributed by atoms with Gasteiger partial charge in [0.15, 0.2) is 18.2 Å². The van der Waals surface area contributed by atoms with Gasteiger partial charge in [0.1, 0.15) is 10.9 Å². The fraction of sp³-hybridized carbons (Fsp3) is 0.353. The van der Waals surface area contributed by atoms with Gasteiger partial charge >= 0.3 is 5.97 Å². The number of ether oxygens (including phenoxy) is 1. The minimum absolute atomic E-state index is 0.00856. The molecule has 1 aromatic carbocycles. The molecule has 26 heavy (non-hydrogen) atoms. The predicted octanol–water partition coefficient (Wildman–Crippen LogP) is 1.64. The first-order valence-electron chi connectivity index (χ1n) is 8.25. The minimum Gasteiger partial charge on any atom is -0.456 e. The summed E-state index contributed by atoms with van der Waals surface area (Å²) in [6.45, 7) is 2.32. The monoisotopic (exact) mass is 375 g/mol. The Morgan fingerprint density at radius 3 is 2.96 bits per heavy atom. The van der Waals surface area contributed by atoms with Gasteiger partial charge in [0.05, 0.1) is 5.69 Å². The lowest BCUT2D eigenvalue weighted by atomic mass is 10.1. The van der Waals surface area contributed by atoms with E-state index in [2.05, 4.69) is 9.55 Å². The van der Waals surface area contributed by atoms with Crippen LogP contribution in [0.2, 0.25) is 0 Å². The van der Waals surface area contributed by atoms with Crippen LogP contribution in [0.5, 0.6) is 0 Å². The molecule has 0 bridgehead atoms. The molecule has 0 saturated carbocycles. The summed E-state index contributed by atoms with van der Waals surface area (Å²) >= 11 is 0. The molecular formula is C17H17N3O5S. The number of aromatic nitrogens is 1. The maximum atomic E-state index is 12.5. The molecule has 9 heteroatoms. The van der Waals surface area contributed by atoms with E-state index in [-0.39, 0.29) is 11.5 Å². The van der Waals surface area contributed by atoms with Gasteiger partial charge in [0.2, 0.25) is 0 Å². The fourth-order valence-corrected chi connectivity index (χ4v) is 4.50. The van der Waals surface area contributed by atoms with E-state index in [0.717, 1.165) is 6.42 Å². The first-order valence-corrected chi connectivity index (χ1v) is 9.69. The highest BCUT2D eigenvalue weighted by molar-refractivity contribution is 7.90. The van der Waals surface area contributed by atoms with Crippen LogP contribution in [-0.4, -0.2) is 42.9 Å². The zero-order valence-corrected chi connectivity index (χ0v) is 14.9. The molecule has 1 fully saturated rings. The zero-order chi connectivity index (χ0) is 18.3. The highest BCUT2D eigenvalue weighted by Crippen LogP contribution is 2.31. The third kappa shape index (κ3) is 2.88. The maximum Gasteiger partial charge on any atom is 0.329 e. The summed E-state index contributed by atoms with van der Waals surface area (Å²) in [4.78, 5) is 14.4. The number of likely N-dealkylation sites (tertiary alicyclic amines) is 1. The number of carbonyl (C=O) groups is 1. The molecule has 2 aliphatic rings. The number of hydrogen-bond donors (Lipinski definition) is 0. The maximum absolute atomic E-state index is 12.5. The number of rotatable bonds is 3. The van der Waals surface area contributed by atoms with Crippen molar-refractivity contribution < 1.29 is 22.5 Å². The summed E-state index contributed by atoms with van der Waals surface area (Å²) in [5.41, 5.74) is 1.23. The van der Waals surface area contributed by atoms with Crippen molar-refractivity contribution in [2.75, 3.05) is 6.54 Å². The normalized spacial score (nSPS) is 20.7. The first kappa shape index (κ1) is 16.8. The molecule has 136 valence electrons. The quantitative estimate of drug-likeness (QED) is 0.752. The zero-order valence-electron chi connectivity index (χ0n) is 14.1. The second-order valence-electron chi connectivity index (χ2n) is 6.28. The Morgan fingerprint density at radius 2 is 2.19 bits per heavy atom. The molecule has 2 aromatic rings. The second kappa shape index (κ2) is 6.24. The van der Waals surface area contributed by atoms with Crippen LogP contribution >= 0.6 is 0 Å². The van der Waals surface area contributed by atoms with E-state index in [4.69, 9.17) is 9.26 Å². The van der Waals surface area contributed by atoms with Crippen molar-refractivity contribution in [3.8, 4) is 0 Å². The summed E-state index contributed by atoms with van der Waals surface area (Å²) in [5.74, 6) is 0.350. The van der Waals surface area contributed by atoms with Gasteiger partial charge in [0.25, 0.3) is 10.0 Å². The van der Waals surface area contributed by atoms with Crippen molar-refractivity contribution in [1.82, 2.24) is 10.1 Å². The Morgan fingerprint density at radius 1 is 1.38 bits per heavy atom. The molecule has 2 aliphatic heterocycles. The van der Waals surface area contributed by atoms with Crippen LogP contribution in [0.25, 0.3) is 0 Å². The number of benzene rings is 1. The number of hydrogen-bond acceptors (Lipinski definition) is 7. The van der Waals surface area contributed by atoms with Crippen LogP contribution in [0.15, 0.2) is 44.1 Å². The van der Waals surface area contributed by atoms with Crippen molar-refractivity contribution in [3.63, 3.8) is 0 Å². The Kier molecular flexibility index (Phi) is 4.03. The third-order valence-corrected chi connectivity index (χ3v) is 5.77. The number of amidine groups is 1. The van der Waals surface area contributed by atoms with E-state index < -0.39 is 22.0 Å². The Labute approximate surface area is 150 Å². The smallest absolute Gasteiger partial charge is 0.329 e. The molecule has 0 amide bonds. The van der Waals surface area contributed by atoms with Gasteiger partial charge in [-0.15, -0.1) is 4.40 Å². The van der Waals surface area contributed by atoms with Crippen LogP contribution in [-0.2, 0) is 26.2 Å². The Bertz CT molecular complexity index is 995. The average Bonchev–Trinajstić information content (AvgIpc) is 3.31. The average molecular weight is 375 g/mol. The van der Waals surface area contributed by atoms with E-state index >= 15 is 0 Å². The lowest BCUT2D eigenvalue weighted by molar-refractivity contribution is -0.149. The lowest BCUT2D eigenvalue weighted by Crippen LogP contribution is -2.41. The third-order valence-electron chi connectivity index (χ3n) is 4.44. The standard InChI is InChI=1S/C17H17N3O5S/c1-11-9-12(25-18-11)10-24-17(21)14-6-4-8-20(14)16-13-5-2-3-7-15(13)26(22,23)19-16/h2-3,5,7,9,14H,4,6,8,10H2,1H3/t14-/m0/s1. The van der Waals surface area contributed by atoms with Gasteiger partial charge in [-0.25, -0.2) is 4.79 Å². The van der Waals surface area contributed by atoms with E-state index in [1.54, 1.807) is 36.1 Å². The van der Waals surface area contributed by atoms with E-state index in [0.29, 0.717) is 35.8 Å². The molecule has 1 atom stereocenters. The number of aryl methyl sites for hydroxylation is 1. The van der Waals surface area contributed by atoms with Gasteiger partial charge in [-0.3, -0.25) is 0 Å². The molecule has 1 aromatic heterocycles. The van der Waals surface area contributed by atoms with E-state index in [1.165, 1.54) is 6.07 Å². The van der Waals surface area contributed by atoms with Crippen LogP contribution in [0.3, 0.4) is 0 Å². The SMILES string of the molecule is Cc1cc(COC(=O)[C@@H]2CCCN2C2=NS(=O)(=O)c3ccccc32)on1. The largest absolute Gasteiger partial charge is 0.456 e. The number of sulfonamides is 1. The van der Waals surface area contributed by atoms with Crippen LogP contribution in [0.1, 0.15) is 29.9 Å². The highest BCUT2D eigenvalue weighted by atomic mass is 32.2. The summed E-state index contributed by atoms with van der Waals surface area (Å²) in [5, 5.41) is 3.75. The molecule has 3 heterocycles. The van der Waals surface area contributed by atoms with Crippen molar-refractivity contribution in [2.45, 2.75) is 37.3 Å². The highest BCUT2D eigenvalue weighted by Gasteiger charge is 2.39. The molecule has 1 saturated heterocycles. The predicted molar refractivity (Wildman–Crippen MR) is 90.9 cm³/mol. The molecular weight excluding hydrogens is 358 g/mol. The lowest BCUT2D eigenvalue weighted by Gasteiger charge is -2.24. The van der Waals surface area contributed by atoms with Gasteiger partial charge in [-0.1, -0.05) is 17.3 Å². The summed E-state index contributed by atoms with van der Waals surface area (Å²) < 4.78 is 38.8. The van der Waals surface area contributed by atoms with E-state index in [1.807, 2.05) is 0 Å². The molecule has 4 rings (SSSR count). The molecule has 0 unspecified atom stereocenters. The van der Waals surface area contributed by atoms with Crippen molar-refractivity contribution in [2.24, 2.45) is 4.40 Å². The number of carbonyl (C=O) groups excluding carboxylic acids is 1. The van der Waals surface area contributed by atoms with Crippen molar-refractivity contribution in [1.29, 1.82) is 0 Å².